The molecule has 4 nitrogen and oxygen atoms in total. The number of hydrogen-bond donors (Lipinski definition) is 3. The lowest BCUT2D eigenvalue weighted by atomic mass is 9.92. The largest absolute Gasteiger partial charge is 0.393 e. The van der Waals surface area contributed by atoms with E-state index in [0.717, 1.165) is 45.4 Å². The minimum absolute atomic E-state index is 0.0930. The maximum atomic E-state index is 9.64. The fourth-order valence-electron chi connectivity index (χ4n) is 2.98. The molecule has 0 amide bonds. The minimum Gasteiger partial charge on any atom is -0.393 e. The Bertz CT molecular complexity index is 219. The lowest BCUT2D eigenvalue weighted by Gasteiger charge is -2.32. The molecule has 3 N–H and O–H groups in total. The van der Waals surface area contributed by atoms with Gasteiger partial charge >= 0.3 is 0 Å². The highest BCUT2D eigenvalue weighted by Gasteiger charge is 2.23. The maximum absolute atomic E-state index is 9.64. The van der Waals surface area contributed by atoms with Crippen LogP contribution in [0.2, 0.25) is 0 Å². The van der Waals surface area contributed by atoms with Crippen molar-refractivity contribution < 1.29 is 9.84 Å². The average Bonchev–Trinajstić information content (AvgIpc) is 2.30. The fraction of sp³-hybridized carbons (Fsp3) is 1.00. The van der Waals surface area contributed by atoms with Crippen molar-refractivity contribution in [1.82, 2.24) is 10.6 Å². The summed E-state index contributed by atoms with van der Waals surface area (Å²) in [6.07, 6.45) is 5.26. The van der Waals surface area contributed by atoms with Crippen LogP contribution < -0.4 is 10.6 Å². The number of aliphatic hydroxyl groups is 1. The summed E-state index contributed by atoms with van der Waals surface area (Å²) in [4.78, 5) is 0. The molecule has 2 rings (SSSR count). The van der Waals surface area contributed by atoms with Crippen LogP contribution in [0, 0.1) is 0 Å². The molecule has 17 heavy (non-hydrogen) atoms. The number of morpholine rings is 1. The topological polar surface area (TPSA) is 53.5 Å². The van der Waals surface area contributed by atoms with Crippen molar-refractivity contribution in [2.75, 3.05) is 19.8 Å². The SMILES string of the molecule is CC(CC1COCCN1)NC1CCCC(O)C1. The van der Waals surface area contributed by atoms with Crippen molar-refractivity contribution >= 4 is 0 Å². The highest BCUT2D eigenvalue weighted by molar-refractivity contribution is 4.82. The zero-order valence-electron chi connectivity index (χ0n) is 10.8. The summed E-state index contributed by atoms with van der Waals surface area (Å²) in [5, 5.41) is 16.8. The number of ether oxygens (including phenoxy) is 1. The van der Waals surface area contributed by atoms with E-state index >= 15 is 0 Å². The first-order valence-electron chi connectivity index (χ1n) is 6.99. The van der Waals surface area contributed by atoms with Gasteiger partial charge in [0.25, 0.3) is 0 Å². The van der Waals surface area contributed by atoms with Gasteiger partial charge in [0.05, 0.1) is 19.3 Å². The van der Waals surface area contributed by atoms with E-state index in [2.05, 4.69) is 17.6 Å². The van der Waals surface area contributed by atoms with E-state index in [1.165, 1.54) is 6.42 Å². The number of nitrogens with one attached hydrogen (secondary N) is 2. The van der Waals surface area contributed by atoms with Crippen LogP contribution in [0.3, 0.4) is 0 Å². The molecule has 1 aliphatic carbocycles. The van der Waals surface area contributed by atoms with Crippen molar-refractivity contribution in [1.29, 1.82) is 0 Å². The Balaban J connectivity index is 1.66. The maximum Gasteiger partial charge on any atom is 0.0620 e. The quantitative estimate of drug-likeness (QED) is 0.677. The normalized spacial score (nSPS) is 36.7. The van der Waals surface area contributed by atoms with Gasteiger partial charge in [0.2, 0.25) is 0 Å². The standard InChI is InChI=1S/C13H26N2O2/c1-10(7-12-9-17-6-5-14-12)15-11-3-2-4-13(16)8-11/h10-16H,2-9H2,1H3. The van der Waals surface area contributed by atoms with Gasteiger partial charge in [0, 0.05) is 24.7 Å². The smallest absolute Gasteiger partial charge is 0.0620 e. The molecule has 0 spiro atoms. The number of rotatable bonds is 4. The molecule has 100 valence electrons. The van der Waals surface area contributed by atoms with E-state index in [-0.39, 0.29) is 6.10 Å². The molecular formula is C13H26N2O2. The van der Waals surface area contributed by atoms with Crippen molar-refractivity contribution in [3.05, 3.63) is 0 Å². The van der Waals surface area contributed by atoms with E-state index < -0.39 is 0 Å². The summed E-state index contributed by atoms with van der Waals surface area (Å²) in [7, 11) is 0. The van der Waals surface area contributed by atoms with Gasteiger partial charge in [-0.1, -0.05) is 0 Å². The third-order valence-electron chi connectivity index (χ3n) is 3.80. The molecule has 1 saturated heterocycles. The first-order valence-corrected chi connectivity index (χ1v) is 6.99. The van der Waals surface area contributed by atoms with Gasteiger partial charge in [-0.15, -0.1) is 0 Å². The Morgan fingerprint density at radius 3 is 3.06 bits per heavy atom. The van der Waals surface area contributed by atoms with Crippen LogP contribution >= 0.6 is 0 Å². The van der Waals surface area contributed by atoms with Gasteiger partial charge in [-0.05, 0) is 39.0 Å². The van der Waals surface area contributed by atoms with E-state index in [0.29, 0.717) is 18.1 Å². The lowest BCUT2D eigenvalue weighted by Crippen LogP contribution is -2.47. The van der Waals surface area contributed by atoms with E-state index in [9.17, 15) is 5.11 Å². The van der Waals surface area contributed by atoms with Crippen LogP contribution in [0.15, 0.2) is 0 Å². The lowest BCUT2D eigenvalue weighted by molar-refractivity contribution is 0.0685. The van der Waals surface area contributed by atoms with E-state index in [4.69, 9.17) is 4.74 Å². The van der Waals surface area contributed by atoms with Gasteiger partial charge in [-0.3, -0.25) is 0 Å². The Hall–Kier alpha value is -0.160. The van der Waals surface area contributed by atoms with Crippen LogP contribution in [0.25, 0.3) is 0 Å². The molecule has 4 unspecified atom stereocenters. The Morgan fingerprint density at radius 1 is 1.47 bits per heavy atom. The molecule has 0 radical (unpaired) electrons. The molecule has 0 aromatic carbocycles. The predicted molar refractivity (Wildman–Crippen MR) is 68.1 cm³/mol. The van der Waals surface area contributed by atoms with Gasteiger partial charge < -0.3 is 20.5 Å². The van der Waals surface area contributed by atoms with Crippen molar-refractivity contribution in [2.45, 2.75) is 63.3 Å². The fourth-order valence-corrected chi connectivity index (χ4v) is 2.98. The molecule has 0 aromatic rings. The predicted octanol–water partition coefficient (Wildman–Crippen LogP) is 0.646. The Labute approximate surface area is 104 Å². The zero-order chi connectivity index (χ0) is 12.1. The second kappa shape index (κ2) is 6.69. The van der Waals surface area contributed by atoms with Crippen LogP contribution in [0.4, 0.5) is 0 Å². The highest BCUT2D eigenvalue weighted by atomic mass is 16.5. The van der Waals surface area contributed by atoms with Gasteiger partial charge in [0.1, 0.15) is 0 Å². The average molecular weight is 242 g/mol. The minimum atomic E-state index is -0.0930. The summed E-state index contributed by atoms with van der Waals surface area (Å²) >= 11 is 0. The monoisotopic (exact) mass is 242 g/mol. The molecular weight excluding hydrogens is 216 g/mol. The molecule has 1 saturated carbocycles. The summed E-state index contributed by atoms with van der Waals surface area (Å²) < 4.78 is 5.46. The molecule has 4 atom stereocenters. The van der Waals surface area contributed by atoms with Crippen molar-refractivity contribution in [3.63, 3.8) is 0 Å². The third kappa shape index (κ3) is 4.54. The van der Waals surface area contributed by atoms with Gasteiger partial charge in [-0.2, -0.15) is 0 Å². The van der Waals surface area contributed by atoms with Crippen LogP contribution in [-0.4, -0.2) is 49.1 Å². The van der Waals surface area contributed by atoms with E-state index in [1.54, 1.807) is 0 Å². The molecule has 2 fully saturated rings. The number of hydrogen-bond acceptors (Lipinski definition) is 4. The molecule has 2 aliphatic rings. The van der Waals surface area contributed by atoms with E-state index in [1.807, 2.05) is 0 Å². The zero-order valence-corrected chi connectivity index (χ0v) is 10.8. The van der Waals surface area contributed by atoms with Crippen LogP contribution in [-0.2, 0) is 4.74 Å². The molecule has 0 bridgehead atoms. The number of aliphatic hydroxyl groups excluding tert-OH is 1. The van der Waals surface area contributed by atoms with Gasteiger partial charge in [-0.25, -0.2) is 0 Å². The van der Waals surface area contributed by atoms with Crippen LogP contribution in [0.1, 0.15) is 39.0 Å². The van der Waals surface area contributed by atoms with Crippen molar-refractivity contribution in [2.24, 2.45) is 0 Å². The summed E-state index contributed by atoms with van der Waals surface area (Å²) in [5.41, 5.74) is 0. The third-order valence-corrected chi connectivity index (χ3v) is 3.80. The summed E-state index contributed by atoms with van der Waals surface area (Å²) in [5.74, 6) is 0. The molecule has 4 heteroatoms. The second-order valence-electron chi connectivity index (χ2n) is 5.55. The van der Waals surface area contributed by atoms with Crippen molar-refractivity contribution in [3.8, 4) is 0 Å². The van der Waals surface area contributed by atoms with Crippen LogP contribution in [0.5, 0.6) is 0 Å². The first kappa shape index (κ1) is 13.3. The molecule has 1 heterocycles. The highest BCUT2D eigenvalue weighted by Crippen LogP contribution is 2.19. The molecule has 0 aromatic heterocycles. The summed E-state index contributed by atoms with van der Waals surface area (Å²) in [6, 6.07) is 1.47. The second-order valence-corrected chi connectivity index (χ2v) is 5.55. The Kier molecular flexibility index (Phi) is 5.22. The Morgan fingerprint density at radius 2 is 2.35 bits per heavy atom. The molecule has 1 aliphatic heterocycles. The first-order chi connectivity index (χ1) is 8.24. The van der Waals surface area contributed by atoms with Gasteiger partial charge in [0.15, 0.2) is 0 Å². The summed E-state index contributed by atoms with van der Waals surface area (Å²) in [6.45, 7) is 4.88.